The van der Waals surface area contributed by atoms with Gasteiger partial charge in [-0.1, -0.05) is 24.3 Å². The number of anilines is 1. The van der Waals surface area contributed by atoms with Crippen molar-refractivity contribution in [3.63, 3.8) is 0 Å². The first kappa shape index (κ1) is 20.7. The molecule has 0 spiro atoms. The van der Waals surface area contributed by atoms with Crippen LogP contribution >= 0.6 is 0 Å². The van der Waals surface area contributed by atoms with Gasteiger partial charge in [-0.3, -0.25) is 9.59 Å². The molecule has 154 valence electrons. The molecule has 6 nitrogen and oxygen atoms in total. The summed E-state index contributed by atoms with van der Waals surface area (Å²) in [4.78, 5) is 23.6. The number of nitrogens with two attached hydrogens (primary N) is 1. The summed E-state index contributed by atoms with van der Waals surface area (Å²) in [6.07, 6.45) is -3.62. The number of halogens is 3. The molecule has 0 aromatic heterocycles. The van der Waals surface area contributed by atoms with E-state index in [0.29, 0.717) is 29.7 Å². The number of rotatable bonds is 7. The van der Waals surface area contributed by atoms with E-state index in [9.17, 15) is 22.8 Å². The van der Waals surface area contributed by atoms with E-state index in [1.807, 2.05) is 0 Å². The van der Waals surface area contributed by atoms with E-state index in [-0.39, 0.29) is 18.1 Å². The highest BCUT2D eigenvalue weighted by molar-refractivity contribution is 6.01. The Balaban J connectivity index is 1.69. The van der Waals surface area contributed by atoms with Gasteiger partial charge in [0, 0.05) is 5.69 Å². The minimum Gasteiger partial charge on any atom is -0.480 e. The van der Waals surface area contributed by atoms with Gasteiger partial charge >= 0.3 is 12.3 Å². The monoisotopic (exact) mass is 408 g/mol. The van der Waals surface area contributed by atoms with Crippen molar-refractivity contribution in [2.45, 2.75) is 37.1 Å². The van der Waals surface area contributed by atoms with E-state index >= 15 is 0 Å². The lowest BCUT2D eigenvalue weighted by atomic mass is 9.94. The normalized spacial score (nSPS) is 16.0. The Morgan fingerprint density at radius 2 is 1.83 bits per heavy atom. The van der Waals surface area contributed by atoms with Crippen LogP contribution in [-0.2, 0) is 21.4 Å². The van der Waals surface area contributed by atoms with Gasteiger partial charge in [-0.15, -0.1) is 13.2 Å². The summed E-state index contributed by atoms with van der Waals surface area (Å²) in [5, 5.41) is 11.6. The van der Waals surface area contributed by atoms with Crippen LogP contribution in [0.5, 0.6) is 5.75 Å². The van der Waals surface area contributed by atoms with Crippen molar-refractivity contribution in [3.8, 4) is 5.75 Å². The number of aliphatic carboxylic acids is 1. The standard InChI is InChI=1S/C20H19F3N2O4/c21-20(22,23)29-15-3-1-2-13(11-15)19(8-9-19)18(28)25-14-6-4-12(5-7-14)10-16(24)17(26)27/h1-7,11,16H,8-10,24H2,(H,25,28)(H,26,27)/t16-/m0/s1. The van der Waals surface area contributed by atoms with Crippen LogP contribution in [0.25, 0.3) is 0 Å². The Morgan fingerprint density at radius 1 is 1.17 bits per heavy atom. The fourth-order valence-electron chi connectivity index (χ4n) is 3.08. The molecule has 0 radical (unpaired) electrons. The molecule has 1 aliphatic carbocycles. The van der Waals surface area contributed by atoms with Gasteiger partial charge < -0.3 is 20.9 Å². The number of hydrogen-bond acceptors (Lipinski definition) is 4. The Hall–Kier alpha value is -3.07. The summed E-state index contributed by atoms with van der Waals surface area (Å²) in [6, 6.07) is 11.0. The van der Waals surface area contributed by atoms with Crippen molar-refractivity contribution in [2.24, 2.45) is 5.73 Å². The van der Waals surface area contributed by atoms with E-state index in [4.69, 9.17) is 10.8 Å². The SMILES string of the molecule is N[C@@H](Cc1ccc(NC(=O)C2(c3cccc(OC(F)(F)F)c3)CC2)cc1)C(=O)O. The van der Waals surface area contributed by atoms with Crippen molar-refractivity contribution in [1.82, 2.24) is 0 Å². The summed E-state index contributed by atoms with van der Waals surface area (Å²) in [5.41, 5.74) is 6.26. The molecule has 1 saturated carbocycles. The molecular formula is C20H19F3N2O4. The third-order valence-corrected chi connectivity index (χ3v) is 4.79. The number of ether oxygens (including phenoxy) is 1. The second-order valence-electron chi connectivity index (χ2n) is 6.96. The first-order valence-electron chi connectivity index (χ1n) is 8.84. The van der Waals surface area contributed by atoms with Crippen LogP contribution in [0, 0.1) is 0 Å². The second-order valence-corrected chi connectivity index (χ2v) is 6.96. The van der Waals surface area contributed by atoms with Crippen LogP contribution in [0.3, 0.4) is 0 Å². The van der Waals surface area contributed by atoms with E-state index < -0.39 is 23.8 Å². The fraction of sp³-hybridized carbons (Fsp3) is 0.300. The van der Waals surface area contributed by atoms with Crippen molar-refractivity contribution >= 4 is 17.6 Å². The molecule has 29 heavy (non-hydrogen) atoms. The lowest BCUT2D eigenvalue weighted by Gasteiger charge is -2.17. The van der Waals surface area contributed by atoms with Gasteiger partial charge in [0.15, 0.2) is 0 Å². The highest BCUT2D eigenvalue weighted by atomic mass is 19.4. The topological polar surface area (TPSA) is 102 Å². The zero-order valence-electron chi connectivity index (χ0n) is 15.2. The number of carbonyl (C=O) groups excluding carboxylic acids is 1. The Labute approximate surface area is 164 Å². The molecule has 3 rings (SSSR count). The van der Waals surface area contributed by atoms with Gasteiger partial charge in [0.25, 0.3) is 0 Å². The van der Waals surface area contributed by atoms with Crippen LogP contribution in [-0.4, -0.2) is 29.4 Å². The molecule has 0 aliphatic heterocycles. The molecule has 9 heteroatoms. The Bertz CT molecular complexity index is 909. The summed E-state index contributed by atoms with van der Waals surface area (Å²) >= 11 is 0. The quantitative estimate of drug-likeness (QED) is 0.653. The summed E-state index contributed by atoms with van der Waals surface area (Å²) in [6.45, 7) is 0. The Kier molecular flexibility index (Phi) is 5.52. The summed E-state index contributed by atoms with van der Waals surface area (Å²) < 4.78 is 41.3. The van der Waals surface area contributed by atoms with Crippen LogP contribution in [0.2, 0.25) is 0 Å². The summed E-state index contributed by atoms with van der Waals surface area (Å²) in [7, 11) is 0. The third kappa shape index (κ3) is 5.05. The molecule has 1 amide bonds. The molecule has 2 aromatic rings. The molecule has 1 fully saturated rings. The first-order chi connectivity index (χ1) is 13.6. The molecule has 1 atom stereocenters. The number of carboxylic acid groups (broad SMARTS) is 1. The maximum atomic E-state index is 12.8. The molecule has 0 heterocycles. The number of carboxylic acids is 1. The molecular weight excluding hydrogens is 389 g/mol. The number of hydrogen-bond donors (Lipinski definition) is 3. The van der Waals surface area contributed by atoms with E-state index in [0.717, 1.165) is 0 Å². The van der Waals surface area contributed by atoms with Crippen molar-refractivity contribution in [3.05, 3.63) is 59.7 Å². The van der Waals surface area contributed by atoms with E-state index in [2.05, 4.69) is 10.1 Å². The molecule has 4 N–H and O–H groups in total. The molecule has 0 bridgehead atoms. The van der Waals surface area contributed by atoms with E-state index in [1.54, 1.807) is 30.3 Å². The first-order valence-corrected chi connectivity index (χ1v) is 8.84. The zero-order chi connectivity index (χ0) is 21.2. The second kappa shape index (κ2) is 7.75. The summed E-state index contributed by atoms with van der Waals surface area (Å²) in [5.74, 6) is -1.79. The van der Waals surface area contributed by atoms with Gasteiger partial charge in [0.05, 0.1) is 5.41 Å². The van der Waals surface area contributed by atoms with Gasteiger partial charge in [0.1, 0.15) is 11.8 Å². The zero-order valence-corrected chi connectivity index (χ0v) is 15.2. The largest absolute Gasteiger partial charge is 0.573 e. The maximum absolute atomic E-state index is 12.8. The fourth-order valence-corrected chi connectivity index (χ4v) is 3.08. The minimum absolute atomic E-state index is 0.152. The molecule has 2 aromatic carbocycles. The van der Waals surface area contributed by atoms with Crippen LogP contribution in [0.1, 0.15) is 24.0 Å². The number of benzene rings is 2. The molecule has 0 saturated heterocycles. The molecule has 1 aliphatic rings. The average Bonchev–Trinajstić information content (AvgIpc) is 3.44. The van der Waals surface area contributed by atoms with Crippen LogP contribution < -0.4 is 15.8 Å². The van der Waals surface area contributed by atoms with Crippen LogP contribution in [0.4, 0.5) is 18.9 Å². The molecule has 0 unspecified atom stereocenters. The lowest BCUT2D eigenvalue weighted by molar-refractivity contribution is -0.274. The number of alkyl halides is 3. The minimum atomic E-state index is -4.80. The van der Waals surface area contributed by atoms with Gasteiger partial charge in [-0.05, 0) is 54.7 Å². The third-order valence-electron chi connectivity index (χ3n) is 4.79. The smallest absolute Gasteiger partial charge is 0.480 e. The maximum Gasteiger partial charge on any atom is 0.573 e. The van der Waals surface area contributed by atoms with Crippen molar-refractivity contribution in [1.29, 1.82) is 0 Å². The number of amides is 1. The predicted molar refractivity (Wildman–Crippen MR) is 98.4 cm³/mol. The van der Waals surface area contributed by atoms with Gasteiger partial charge in [-0.25, -0.2) is 0 Å². The van der Waals surface area contributed by atoms with E-state index in [1.165, 1.54) is 18.2 Å². The Morgan fingerprint density at radius 3 is 2.38 bits per heavy atom. The average molecular weight is 408 g/mol. The number of nitrogens with one attached hydrogen (secondary N) is 1. The number of carbonyl (C=O) groups is 2. The van der Waals surface area contributed by atoms with Crippen molar-refractivity contribution < 1.29 is 32.6 Å². The van der Waals surface area contributed by atoms with Crippen LogP contribution in [0.15, 0.2) is 48.5 Å². The van der Waals surface area contributed by atoms with Gasteiger partial charge in [0.2, 0.25) is 5.91 Å². The van der Waals surface area contributed by atoms with Crippen molar-refractivity contribution in [2.75, 3.05) is 5.32 Å². The highest BCUT2D eigenvalue weighted by Gasteiger charge is 2.51. The van der Waals surface area contributed by atoms with Gasteiger partial charge in [-0.2, -0.15) is 0 Å². The highest BCUT2D eigenvalue weighted by Crippen LogP contribution is 2.49. The predicted octanol–water partition coefficient (Wildman–Crippen LogP) is 3.21. The lowest BCUT2D eigenvalue weighted by Crippen LogP contribution is -2.32.